The van der Waals surface area contributed by atoms with Crippen LogP contribution in [-0.2, 0) is 0 Å². The lowest BCUT2D eigenvalue weighted by molar-refractivity contribution is 0.0946. The van der Waals surface area contributed by atoms with Gasteiger partial charge in [-0.3, -0.25) is 4.79 Å². The van der Waals surface area contributed by atoms with Crippen molar-refractivity contribution in [2.45, 2.75) is 13.0 Å². The van der Waals surface area contributed by atoms with E-state index >= 15 is 0 Å². The third-order valence-corrected chi connectivity index (χ3v) is 4.42. The van der Waals surface area contributed by atoms with Crippen LogP contribution in [-0.4, -0.2) is 10.9 Å². The Kier molecular flexibility index (Phi) is 5.09. The highest BCUT2D eigenvalue weighted by atomic mass is 79.9. The van der Waals surface area contributed by atoms with E-state index in [4.69, 9.17) is 18.0 Å². The zero-order chi connectivity index (χ0) is 15.4. The summed E-state index contributed by atoms with van der Waals surface area (Å²) < 4.78 is 0.775. The fourth-order valence-corrected chi connectivity index (χ4v) is 2.64. The van der Waals surface area contributed by atoms with Crippen LogP contribution < -0.4 is 11.1 Å². The zero-order valence-electron chi connectivity index (χ0n) is 11.5. The maximum Gasteiger partial charge on any atom is 0.253 e. The topological polar surface area (TPSA) is 55.1 Å². The second kappa shape index (κ2) is 6.83. The summed E-state index contributed by atoms with van der Waals surface area (Å²) in [5, 5.41) is 2.88. The molecule has 0 saturated heterocycles. The monoisotopic (exact) mass is 362 g/mol. The summed E-state index contributed by atoms with van der Waals surface area (Å²) in [4.78, 5) is 12.7. The summed E-state index contributed by atoms with van der Waals surface area (Å²) in [7, 11) is 0. The van der Waals surface area contributed by atoms with Gasteiger partial charge in [0.05, 0.1) is 5.56 Å². The van der Waals surface area contributed by atoms with Crippen molar-refractivity contribution in [2.75, 3.05) is 0 Å². The van der Waals surface area contributed by atoms with Crippen LogP contribution in [0.5, 0.6) is 0 Å². The number of aryl methyl sites for hydroxylation is 1. The Morgan fingerprint density at radius 3 is 2.48 bits per heavy atom. The van der Waals surface area contributed by atoms with Crippen LogP contribution in [0.3, 0.4) is 0 Å². The first-order valence-corrected chi connectivity index (χ1v) is 7.61. The van der Waals surface area contributed by atoms with E-state index in [1.54, 1.807) is 6.07 Å². The maximum atomic E-state index is 12.4. The fourth-order valence-electron chi connectivity index (χ4n) is 2.00. The summed E-state index contributed by atoms with van der Waals surface area (Å²) in [5.41, 5.74) is 8.19. The van der Waals surface area contributed by atoms with Gasteiger partial charge in [0.2, 0.25) is 0 Å². The van der Waals surface area contributed by atoms with Crippen molar-refractivity contribution in [3.05, 3.63) is 69.7 Å². The summed E-state index contributed by atoms with van der Waals surface area (Å²) in [6.45, 7) is 1.93. The van der Waals surface area contributed by atoms with Crippen LogP contribution in [0.15, 0.2) is 53.0 Å². The Hall–Kier alpha value is -1.72. The third-order valence-electron chi connectivity index (χ3n) is 3.13. The van der Waals surface area contributed by atoms with Gasteiger partial charge in [0.25, 0.3) is 5.91 Å². The number of amides is 1. The number of thiocarbonyl (C=S) groups is 1. The van der Waals surface area contributed by atoms with Gasteiger partial charge in [0.15, 0.2) is 0 Å². The second-order valence-corrected chi connectivity index (χ2v) is 5.92. The first kappa shape index (κ1) is 15.7. The fraction of sp³-hybridized carbons (Fsp3) is 0.125. The van der Waals surface area contributed by atoms with Gasteiger partial charge < -0.3 is 11.1 Å². The number of hydrogen-bond acceptors (Lipinski definition) is 2. The minimum Gasteiger partial charge on any atom is -0.391 e. The number of nitrogens with two attached hydrogens (primary N) is 1. The van der Waals surface area contributed by atoms with E-state index in [9.17, 15) is 4.79 Å². The molecule has 5 heteroatoms. The second-order valence-electron chi connectivity index (χ2n) is 4.66. The Morgan fingerprint density at radius 2 is 1.86 bits per heavy atom. The van der Waals surface area contributed by atoms with Crippen LogP contribution in [0.2, 0.25) is 0 Å². The summed E-state index contributed by atoms with van der Waals surface area (Å²) in [6, 6.07) is 14.5. The average Bonchev–Trinajstić information content (AvgIpc) is 2.48. The van der Waals surface area contributed by atoms with Crippen LogP contribution in [0.25, 0.3) is 0 Å². The summed E-state index contributed by atoms with van der Waals surface area (Å²) >= 11 is 8.52. The molecule has 0 aromatic heterocycles. The third kappa shape index (κ3) is 3.68. The number of carbonyl (C=O) groups excluding carboxylic acids is 1. The van der Waals surface area contributed by atoms with Crippen molar-refractivity contribution in [1.29, 1.82) is 0 Å². The molecule has 0 bridgehead atoms. The number of rotatable bonds is 4. The Balaban J connectivity index is 2.28. The molecule has 108 valence electrons. The minimum atomic E-state index is -0.485. The molecule has 0 aliphatic rings. The highest BCUT2D eigenvalue weighted by molar-refractivity contribution is 9.10. The maximum absolute atomic E-state index is 12.4. The molecule has 0 saturated carbocycles. The van der Waals surface area contributed by atoms with Gasteiger partial charge in [-0.2, -0.15) is 0 Å². The van der Waals surface area contributed by atoms with Gasteiger partial charge in [-0.05, 0) is 40.0 Å². The van der Waals surface area contributed by atoms with Gasteiger partial charge in [-0.15, -0.1) is 0 Å². The first-order valence-electron chi connectivity index (χ1n) is 6.41. The number of carbonyl (C=O) groups is 1. The van der Waals surface area contributed by atoms with Crippen LogP contribution in [0.1, 0.15) is 27.5 Å². The predicted octanol–water partition coefficient (Wildman–Crippen LogP) is 3.51. The molecule has 0 spiro atoms. The molecule has 1 unspecified atom stereocenters. The lowest BCUT2D eigenvalue weighted by atomic mass is 10.1. The molecule has 1 amide bonds. The molecule has 2 aromatic carbocycles. The molecular formula is C16H15BrN2OS. The van der Waals surface area contributed by atoms with Gasteiger partial charge in [-0.1, -0.05) is 54.7 Å². The molecule has 2 rings (SSSR count). The Morgan fingerprint density at radius 1 is 1.19 bits per heavy atom. The largest absolute Gasteiger partial charge is 0.391 e. The Bertz CT molecular complexity index is 673. The molecule has 0 aliphatic heterocycles. The van der Waals surface area contributed by atoms with Crippen molar-refractivity contribution in [2.24, 2.45) is 5.73 Å². The number of nitrogens with one attached hydrogen (secondary N) is 1. The van der Waals surface area contributed by atoms with E-state index in [1.807, 2.05) is 49.4 Å². The number of hydrogen-bond donors (Lipinski definition) is 2. The molecule has 0 radical (unpaired) electrons. The average molecular weight is 363 g/mol. The standard InChI is InChI=1S/C16H15BrN2OS/c1-10-6-5-9-12(13(10)17)16(20)19-14(15(18)21)11-7-3-2-4-8-11/h2-9,14H,1H3,(H2,18,21)(H,19,20). The van der Waals surface area contributed by atoms with Gasteiger partial charge >= 0.3 is 0 Å². The molecular weight excluding hydrogens is 348 g/mol. The van der Waals surface area contributed by atoms with Crippen LogP contribution >= 0.6 is 28.1 Å². The molecule has 0 heterocycles. The number of halogens is 1. The highest BCUT2D eigenvalue weighted by Gasteiger charge is 2.19. The van der Waals surface area contributed by atoms with Crippen molar-refractivity contribution in [3.63, 3.8) is 0 Å². The molecule has 3 nitrogen and oxygen atoms in total. The normalized spacial score (nSPS) is 11.7. The van der Waals surface area contributed by atoms with Crippen LogP contribution in [0.4, 0.5) is 0 Å². The van der Waals surface area contributed by atoms with E-state index in [0.29, 0.717) is 5.56 Å². The quantitative estimate of drug-likeness (QED) is 0.818. The van der Waals surface area contributed by atoms with Gasteiger partial charge in [0.1, 0.15) is 11.0 Å². The highest BCUT2D eigenvalue weighted by Crippen LogP contribution is 2.22. The lowest BCUT2D eigenvalue weighted by Gasteiger charge is -2.18. The first-order chi connectivity index (χ1) is 10.0. The molecule has 3 N–H and O–H groups in total. The van der Waals surface area contributed by atoms with E-state index in [-0.39, 0.29) is 10.9 Å². The Labute approximate surface area is 137 Å². The molecule has 2 aromatic rings. The van der Waals surface area contributed by atoms with Crippen LogP contribution in [0, 0.1) is 6.92 Å². The summed E-state index contributed by atoms with van der Waals surface area (Å²) in [5.74, 6) is -0.216. The van der Waals surface area contributed by atoms with E-state index in [2.05, 4.69) is 21.2 Å². The van der Waals surface area contributed by atoms with Crippen molar-refractivity contribution in [3.8, 4) is 0 Å². The van der Waals surface area contributed by atoms with E-state index in [1.165, 1.54) is 0 Å². The minimum absolute atomic E-state index is 0.216. The molecule has 21 heavy (non-hydrogen) atoms. The van der Waals surface area contributed by atoms with Crippen molar-refractivity contribution >= 4 is 39.0 Å². The summed E-state index contributed by atoms with van der Waals surface area (Å²) in [6.07, 6.45) is 0. The van der Waals surface area contributed by atoms with Crippen molar-refractivity contribution < 1.29 is 4.79 Å². The zero-order valence-corrected chi connectivity index (χ0v) is 13.9. The molecule has 1 atom stereocenters. The van der Waals surface area contributed by atoms with E-state index < -0.39 is 6.04 Å². The SMILES string of the molecule is Cc1cccc(C(=O)NC(C(N)=S)c2ccccc2)c1Br. The number of benzene rings is 2. The molecule has 0 fully saturated rings. The van der Waals surface area contributed by atoms with Crippen molar-refractivity contribution in [1.82, 2.24) is 5.32 Å². The van der Waals surface area contributed by atoms with Gasteiger partial charge in [-0.25, -0.2) is 0 Å². The van der Waals surface area contributed by atoms with Gasteiger partial charge in [0, 0.05) is 4.47 Å². The lowest BCUT2D eigenvalue weighted by Crippen LogP contribution is -2.36. The molecule has 0 aliphatic carbocycles. The predicted molar refractivity (Wildman–Crippen MR) is 92.3 cm³/mol. The smallest absolute Gasteiger partial charge is 0.253 e. The van der Waals surface area contributed by atoms with E-state index in [0.717, 1.165) is 15.6 Å².